The van der Waals surface area contributed by atoms with Crippen molar-refractivity contribution in [2.24, 2.45) is 0 Å². The summed E-state index contributed by atoms with van der Waals surface area (Å²) >= 11 is 0. The Hall–Kier alpha value is -2.39. The Bertz CT molecular complexity index is 638. The van der Waals surface area contributed by atoms with Gasteiger partial charge in [-0.2, -0.15) is 13.2 Å². The number of carbonyl (C=O) groups excluding carboxylic acids is 1. The minimum Gasteiger partial charge on any atom is -0.368 e. The minimum absolute atomic E-state index is 0.0155. The second kappa shape index (κ2) is 5.94. The smallest absolute Gasteiger partial charge is 0.368 e. The molecule has 7 nitrogen and oxygen atoms in total. The molecule has 21 heavy (non-hydrogen) atoms. The van der Waals surface area contributed by atoms with Gasteiger partial charge in [0, 0.05) is 20.0 Å². The summed E-state index contributed by atoms with van der Waals surface area (Å²) in [4.78, 5) is 24.3. The molecule has 2 heterocycles. The summed E-state index contributed by atoms with van der Waals surface area (Å²) < 4.78 is 38.1. The molecule has 0 aliphatic heterocycles. The maximum atomic E-state index is 12.7. The first-order chi connectivity index (χ1) is 9.91. The van der Waals surface area contributed by atoms with Crippen molar-refractivity contribution >= 4 is 22.9 Å². The number of rotatable bonds is 5. The van der Waals surface area contributed by atoms with Gasteiger partial charge in [0.2, 0.25) is 11.7 Å². The second-order valence-electron chi connectivity index (χ2n) is 4.20. The van der Waals surface area contributed by atoms with Crippen molar-refractivity contribution in [2.75, 3.05) is 18.9 Å². The molecule has 0 saturated carbocycles. The molecule has 1 amide bonds. The van der Waals surface area contributed by atoms with E-state index in [0.717, 1.165) is 0 Å². The van der Waals surface area contributed by atoms with Crippen LogP contribution in [0.15, 0.2) is 6.33 Å². The van der Waals surface area contributed by atoms with E-state index in [9.17, 15) is 18.0 Å². The van der Waals surface area contributed by atoms with Gasteiger partial charge in [0.1, 0.15) is 5.52 Å². The van der Waals surface area contributed by atoms with Crippen LogP contribution in [-0.4, -0.2) is 39.4 Å². The molecule has 0 aromatic carbocycles. The highest BCUT2D eigenvalue weighted by Crippen LogP contribution is 2.29. The number of amides is 1. The number of fused-ring (bicyclic) bond motifs is 1. The molecule has 10 heteroatoms. The average molecular weight is 302 g/mol. The topological polar surface area (TPSA) is 95.6 Å². The lowest BCUT2D eigenvalue weighted by Gasteiger charge is -2.09. The van der Waals surface area contributed by atoms with Crippen molar-refractivity contribution in [1.29, 1.82) is 0 Å². The van der Waals surface area contributed by atoms with Gasteiger partial charge in [-0.05, 0) is 6.42 Å². The molecular weight excluding hydrogens is 289 g/mol. The van der Waals surface area contributed by atoms with Crippen molar-refractivity contribution < 1.29 is 18.0 Å². The SMILES string of the molecule is CNC(=O)CCCNc1nc(C(F)(F)F)nc2nc[nH]c12. The molecule has 0 spiro atoms. The number of carbonyl (C=O) groups is 1. The summed E-state index contributed by atoms with van der Waals surface area (Å²) in [5.74, 6) is -1.38. The standard InChI is InChI=1S/C11H13F3N6O/c1-15-6(21)3-2-4-16-8-7-9(18-5-17-7)20-10(19-8)11(12,13)14/h5H,2-4H2,1H3,(H,15,21)(H2,16,17,18,19,20). The van der Waals surface area contributed by atoms with Crippen LogP contribution < -0.4 is 10.6 Å². The molecule has 0 bridgehead atoms. The van der Waals surface area contributed by atoms with Gasteiger partial charge in [0.15, 0.2) is 11.5 Å². The molecule has 0 atom stereocenters. The number of imidazole rings is 1. The van der Waals surface area contributed by atoms with Crippen LogP contribution >= 0.6 is 0 Å². The number of aromatic amines is 1. The molecule has 114 valence electrons. The monoisotopic (exact) mass is 302 g/mol. The van der Waals surface area contributed by atoms with Crippen molar-refractivity contribution in [3.63, 3.8) is 0 Å². The summed E-state index contributed by atoms with van der Waals surface area (Å²) in [6, 6.07) is 0. The van der Waals surface area contributed by atoms with Crippen LogP contribution in [0.1, 0.15) is 18.7 Å². The number of alkyl halides is 3. The Morgan fingerprint density at radius 3 is 2.81 bits per heavy atom. The fourth-order valence-electron chi connectivity index (χ4n) is 1.67. The maximum absolute atomic E-state index is 12.7. The summed E-state index contributed by atoms with van der Waals surface area (Å²) in [5.41, 5.74) is 0.231. The van der Waals surface area contributed by atoms with Crippen molar-refractivity contribution in [3.05, 3.63) is 12.2 Å². The van der Waals surface area contributed by atoms with Gasteiger partial charge in [-0.3, -0.25) is 4.79 Å². The molecule has 3 N–H and O–H groups in total. The first-order valence-electron chi connectivity index (χ1n) is 6.14. The summed E-state index contributed by atoms with van der Waals surface area (Å²) in [6.07, 6.45) is -2.67. The normalized spacial score (nSPS) is 11.6. The van der Waals surface area contributed by atoms with E-state index in [-0.39, 0.29) is 23.8 Å². The number of hydrogen-bond acceptors (Lipinski definition) is 5. The van der Waals surface area contributed by atoms with Crippen LogP contribution in [0.2, 0.25) is 0 Å². The highest BCUT2D eigenvalue weighted by molar-refractivity contribution is 5.82. The summed E-state index contributed by atoms with van der Waals surface area (Å²) in [5, 5.41) is 5.22. The zero-order valence-corrected chi connectivity index (χ0v) is 11.1. The summed E-state index contributed by atoms with van der Waals surface area (Å²) in [7, 11) is 1.52. The summed E-state index contributed by atoms with van der Waals surface area (Å²) in [6.45, 7) is 0.301. The number of nitrogens with zero attached hydrogens (tertiary/aromatic N) is 3. The Morgan fingerprint density at radius 2 is 2.14 bits per heavy atom. The molecule has 0 saturated heterocycles. The largest absolute Gasteiger partial charge is 0.451 e. The molecule has 0 unspecified atom stereocenters. The first kappa shape index (κ1) is 15.0. The van der Waals surface area contributed by atoms with Crippen molar-refractivity contribution in [3.8, 4) is 0 Å². The van der Waals surface area contributed by atoms with Crippen LogP contribution in [0.3, 0.4) is 0 Å². The van der Waals surface area contributed by atoms with Gasteiger partial charge in [0.25, 0.3) is 0 Å². The molecule has 0 fully saturated rings. The van der Waals surface area contributed by atoms with Crippen LogP contribution in [0.5, 0.6) is 0 Å². The van der Waals surface area contributed by atoms with E-state index in [0.29, 0.717) is 18.5 Å². The molecule has 2 aromatic heterocycles. The molecule has 0 aliphatic rings. The maximum Gasteiger partial charge on any atom is 0.451 e. The Labute approximate surface area is 117 Å². The third kappa shape index (κ3) is 3.58. The van der Waals surface area contributed by atoms with Crippen molar-refractivity contribution in [2.45, 2.75) is 19.0 Å². The van der Waals surface area contributed by atoms with Gasteiger partial charge < -0.3 is 15.6 Å². The van der Waals surface area contributed by atoms with Gasteiger partial charge in [-0.25, -0.2) is 15.0 Å². The van der Waals surface area contributed by atoms with E-state index in [4.69, 9.17) is 0 Å². The zero-order chi connectivity index (χ0) is 15.5. The van der Waals surface area contributed by atoms with Crippen molar-refractivity contribution in [1.82, 2.24) is 25.3 Å². The number of aromatic nitrogens is 4. The fourth-order valence-corrected chi connectivity index (χ4v) is 1.67. The highest BCUT2D eigenvalue weighted by atomic mass is 19.4. The number of hydrogen-bond donors (Lipinski definition) is 3. The van der Waals surface area contributed by atoms with Crippen LogP contribution in [0.25, 0.3) is 11.2 Å². The molecule has 2 aromatic rings. The van der Waals surface area contributed by atoms with E-state index in [1.165, 1.54) is 13.4 Å². The number of halogens is 3. The molecule has 0 radical (unpaired) electrons. The quantitative estimate of drug-likeness (QED) is 0.724. The lowest BCUT2D eigenvalue weighted by Crippen LogP contribution is -2.19. The number of nitrogens with one attached hydrogen (secondary N) is 3. The van der Waals surface area contributed by atoms with Crippen LogP contribution in [0, 0.1) is 0 Å². The lowest BCUT2D eigenvalue weighted by atomic mass is 10.3. The fraction of sp³-hybridized carbons (Fsp3) is 0.455. The van der Waals surface area contributed by atoms with Gasteiger partial charge in [-0.15, -0.1) is 0 Å². The molecule has 0 aliphatic carbocycles. The van der Waals surface area contributed by atoms with Crippen LogP contribution in [-0.2, 0) is 11.0 Å². The predicted octanol–water partition coefficient (Wildman–Crippen LogP) is 1.31. The first-order valence-corrected chi connectivity index (χ1v) is 6.14. The zero-order valence-electron chi connectivity index (χ0n) is 11.1. The van der Waals surface area contributed by atoms with Gasteiger partial charge in [0.05, 0.1) is 6.33 Å². The molecule has 2 rings (SSSR count). The third-order valence-electron chi connectivity index (χ3n) is 2.69. The Morgan fingerprint density at radius 1 is 1.38 bits per heavy atom. The number of anilines is 1. The Kier molecular flexibility index (Phi) is 4.24. The van der Waals surface area contributed by atoms with Gasteiger partial charge in [-0.1, -0.05) is 0 Å². The van der Waals surface area contributed by atoms with Gasteiger partial charge >= 0.3 is 6.18 Å². The third-order valence-corrected chi connectivity index (χ3v) is 2.69. The number of H-pyrrole nitrogens is 1. The minimum atomic E-state index is -4.65. The van der Waals surface area contributed by atoms with Crippen LogP contribution in [0.4, 0.5) is 19.0 Å². The van der Waals surface area contributed by atoms with E-state index in [2.05, 4.69) is 30.6 Å². The Balaban J connectivity index is 2.14. The van der Waals surface area contributed by atoms with E-state index >= 15 is 0 Å². The average Bonchev–Trinajstić information content (AvgIpc) is 2.90. The highest BCUT2D eigenvalue weighted by Gasteiger charge is 2.36. The lowest BCUT2D eigenvalue weighted by molar-refractivity contribution is -0.144. The predicted molar refractivity (Wildman–Crippen MR) is 68.5 cm³/mol. The van der Waals surface area contributed by atoms with E-state index < -0.39 is 12.0 Å². The van der Waals surface area contributed by atoms with E-state index in [1.54, 1.807) is 0 Å². The molecular formula is C11H13F3N6O. The van der Waals surface area contributed by atoms with E-state index in [1.807, 2.05) is 0 Å². The second-order valence-corrected chi connectivity index (χ2v) is 4.20.